The molecule has 26 heavy (non-hydrogen) atoms. The van der Waals surface area contributed by atoms with E-state index in [-0.39, 0.29) is 23.2 Å². The molecule has 0 aliphatic carbocycles. The van der Waals surface area contributed by atoms with E-state index in [1.54, 1.807) is 6.07 Å². The van der Waals surface area contributed by atoms with Gasteiger partial charge in [0.25, 0.3) is 0 Å². The third-order valence-electron chi connectivity index (χ3n) is 4.86. The summed E-state index contributed by atoms with van der Waals surface area (Å²) in [6, 6.07) is 7.88. The third-order valence-corrected chi connectivity index (χ3v) is 6.23. The van der Waals surface area contributed by atoms with Gasteiger partial charge in [-0.25, -0.2) is 4.68 Å². The smallest absolute Gasteiger partial charge is 0.236 e. The van der Waals surface area contributed by atoms with E-state index in [4.69, 9.17) is 17.4 Å². The molecule has 0 spiro atoms. The topological polar surface area (TPSA) is 77.0 Å². The first-order valence-corrected chi connectivity index (χ1v) is 10.1. The second-order valence-corrected chi connectivity index (χ2v) is 8.51. The van der Waals surface area contributed by atoms with Gasteiger partial charge in [0.2, 0.25) is 11.1 Å². The van der Waals surface area contributed by atoms with Gasteiger partial charge >= 0.3 is 0 Å². The normalized spacial score (nSPS) is 21.6. The summed E-state index contributed by atoms with van der Waals surface area (Å²) >= 11 is 7.55. The average Bonchev–Trinajstić information content (AvgIpc) is 2.95. The highest BCUT2D eigenvalue weighted by molar-refractivity contribution is 8.00. The van der Waals surface area contributed by atoms with E-state index in [0.717, 1.165) is 12.8 Å². The third kappa shape index (κ3) is 3.69. The number of halogens is 1. The van der Waals surface area contributed by atoms with E-state index in [2.05, 4.69) is 24.0 Å². The van der Waals surface area contributed by atoms with Gasteiger partial charge < -0.3 is 10.7 Å². The van der Waals surface area contributed by atoms with Crippen molar-refractivity contribution in [3.05, 3.63) is 29.3 Å². The summed E-state index contributed by atoms with van der Waals surface area (Å²) in [4.78, 5) is 15.0. The zero-order valence-corrected chi connectivity index (χ0v) is 16.8. The SMILES string of the molecule is C[C@@H]1CCC[C@H](C)N1C(=O)[C@@H](C)Sc1nnc(-c2ccccc2Cl)n1N. The van der Waals surface area contributed by atoms with Crippen LogP contribution in [0.3, 0.4) is 0 Å². The van der Waals surface area contributed by atoms with Gasteiger partial charge in [-0.3, -0.25) is 4.79 Å². The molecule has 1 amide bonds. The predicted octanol–water partition coefficient (Wildman–Crippen LogP) is 3.58. The summed E-state index contributed by atoms with van der Waals surface area (Å²) in [5.41, 5.74) is 0.716. The van der Waals surface area contributed by atoms with Crippen molar-refractivity contribution in [3.8, 4) is 11.4 Å². The monoisotopic (exact) mass is 393 g/mol. The molecule has 2 N–H and O–H groups in total. The van der Waals surface area contributed by atoms with Crippen molar-refractivity contribution < 1.29 is 4.79 Å². The molecule has 6 nitrogen and oxygen atoms in total. The first kappa shape index (κ1) is 19.0. The van der Waals surface area contributed by atoms with Crippen molar-refractivity contribution in [2.24, 2.45) is 0 Å². The van der Waals surface area contributed by atoms with Crippen LogP contribution >= 0.6 is 23.4 Å². The first-order valence-electron chi connectivity index (χ1n) is 8.84. The lowest BCUT2D eigenvalue weighted by molar-refractivity contribution is -0.136. The molecule has 0 bridgehead atoms. The molecule has 3 rings (SSSR count). The number of carbonyl (C=O) groups excluding carboxylic acids is 1. The molecule has 3 atom stereocenters. The van der Waals surface area contributed by atoms with E-state index >= 15 is 0 Å². The second kappa shape index (κ2) is 7.88. The largest absolute Gasteiger partial charge is 0.336 e. The van der Waals surface area contributed by atoms with Gasteiger partial charge in [0, 0.05) is 17.6 Å². The molecule has 1 fully saturated rings. The van der Waals surface area contributed by atoms with Crippen LogP contribution in [-0.4, -0.2) is 43.0 Å². The molecule has 2 heterocycles. The van der Waals surface area contributed by atoms with Crippen LogP contribution in [0.15, 0.2) is 29.4 Å². The lowest BCUT2D eigenvalue weighted by Gasteiger charge is -2.40. The molecule has 1 aromatic carbocycles. The molecule has 1 aliphatic rings. The minimum Gasteiger partial charge on any atom is -0.336 e. The number of nitrogens with zero attached hydrogens (tertiary/aromatic N) is 4. The Hall–Kier alpha value is -1.73. The quantitative estimate of drug-likeness (QED) is 0.634. The number of aromatic nitrogens is 3. The Morgan fingerprint density at radius 3 is 2.58 bits per heavy atom. The Kier molecular flexibility index (Phi) is 5.77. The van der Waals surface area contributed by atoms with E-state index in [1.807, 2.05) is 30.0 Å². The highest BCUT2D eigenvalue weighted by Crippen LogP contribution is 2.31. The first-order chi connectivity index (χ1) is 12.4. The Bertz CT molecular complexity index is 786. The molecular formula is C18H24ClN5OS. The number of carbonyl (C=O) groups is 1. The summed E-state index contributed by atoms with van der Waals surface area (Å²) in [6.45, 7) is 6.13. The minimum atomic E-state index is -0.288. The van der Waals surface area contributed by atoms with Gasteiger partial charge in [0.15, 0.2) is 5.82 Å². The number of likely N-dealkylation sites (tertiary alicyclic amines) is 1. The Morgan fingerprint density at radius 1 is 1.27 bits per heavy atom. The average molecular weight is 394 g/mol. The molecule has 0 radical (unpaired) electrons. The van der Waals surface area contributed by atoms with Crippen molar-refractivity contribution in [3.63, 3.8) is 0 Å². The maximum Gasteiger partial charge on any atom is 0.236 e. The van der Waals surface area contributed by atoms with Crippen LogP contribution in [0.4, 0.5) is 0 Å². The summed E-state index contributed by atoms with van der Waals surface area (Å²) in [6.07, 6.45) is 3.28. The van der Waals surface area contributed by atoms with Crippen molar-refractivity contribution >= 4 is 29.3 Å². The van der Waals surface area contributed by atoms with Gasteiger partial charge in [0.05, 0.1) is 10.3 Å². The highest BCUT2D eigenvalue weighted by atomic mass is 35.5. The van der Waals surface area contributed by atoms with Gasteiger partial charge in [-0.05, 0) is 52.2 Å². The molecular weight excluding hydrogens is 370 g/mol. The van der Waals surface area contributed by atoms with Crippen LogP contribution in [0.2, 0.25) is 5.02 Å². The molecule has 140 valence electrons. The number of thioether (sulfide) groups is 1. The van der Waals surface area contributed by atoms with Crippen LogP contribution in [0.1, 0.15) is 40.0 Å². The van der Waals surface area contributed by atoms with Gasteiger partial charge in [0.1, 0.15) is 0 Å². The zero-order valence-electron chi connectivity index (χ0n) is 15.2. The number of hydrogen-bond donors (Lipinski definition) is 1. The molecule has 0 unspecified atom stereocenters. The maximum absolute atomic E-state index is 13.0. The number of amides is 1. The van der Waals surface area contributed by atoms with Crippen LogP contribution in [0.25, 0.3) is 11.4 Å². The standard InChI is InChI=1S/C18H24ClN5OS/c1-11-7-6-8-12(2)23(11)17(25)13(3)26-18-22-21-16(24(18)20)14-9-4-5-10-15(14)19/h4-5,9-13H,6-8,20H2,1-3H3/t11-,12+,13-/m1/s1. The Labute approximate surface area is 163 Å². The lowest BCUT2D eigenvalue weighted by Crippen LogP contribution is -2.50. The minimum absolute atomic E-state index is 0.122. The van der Waals surface area contributed by atoms with Crippen LogP contribution in [0.5, 0.6) is 0 Å². The maximum atomic E-state index is 13.0. The van der Waals surface area contributed by atoms with Crippen molar-refractivity contribution in [2.75, 3.05) is 5.84 Å². The Balaban J connectivity index is 1.77. The zero-order chi connectivity index (χ0) is 18.8. The number of hydrogen-bond acceptors (Lipinski definition) is 5. The summed E-state index contributed by atoms with van der Waals surface area (Å²) in [7, 11) is 0. The van der Waals surface area contributed by atoms with Crippen LogP contribution < -0.4 is 5.84 Å². The fraction of sp³-hybridized carbons (Fsp3) is 0.500. The number of benzene rings is 1. The van der Waals surface area contributed by atoms with Crippen molar-refractivity contribution in [2.45, 2.75) is 62.5 Å². The number of rotatable bonds is 4. The molecule has 1 saturated heterocycles. The lowest BCUT2D eigenvalue weighted by atomic mass is 9.97. The van der Waals surface area contributed by atoms with Crippen LogP contribution in [-0.2, 0) is 4.79 Å². The molecule has 1 aromatic heterocycles. The molecule has 0 saturated carbocycles. The Morgan fingerprint density at radius 2 is 1.92 bits per heavy atom. The van der Waals surface area contributed by atoms with E-state index in [9.17, 15) is 4.79 Å². The van der Waals surface area contributed by atoms with Crippen molar-refractivity contribution in [1.29, 1.82) is 0 Å². The van der Waals surface area contributed by atoms with Gasteiger partial charge in [-0.15, -0.1) is 10.2 Å². The molecule has 1 aliphatic heterocycles. The van der Waals surface area contributed by atoms with Gasteiger partial charge in [-0.2, -0.15) is 0 Å². The predicted molar refractivity (Wildman–Crippen MR) is 106 cm³/mol. The fourth-order valence-electron chi connectivity index (χ4n) is 3.46. The van der Waals surface area contributed by atoms with E-state index in [0.29, 0.717) is 21.6 Å². The van der Waals surface area contributed by atoms with E-state index in [1.165, 1.54) is 22.9 Å². The number of nitrogen functional groups attached to an aromatic ring is 1. The second-order valence-electron chi connectivity index (χ2n) is 6.79. The van der Waals surface area contributed by atoms with E-state index < -0.39 is 0 Å². The van der Waals surface area contributed by atoms with Crippen LogP contribution in [0, 0.1) is 0 Å². The summed E-state index contributed by atoms with van der Waals surface area (Å²) in [5, 5.41) is 9.09. The van der Waals surface area contributed by atoms with Gasteiger partial charge in [-0.1, -0.05) is 35.5 Å². The fourth-order valence-corrected chi connectivity index (χ4v) is 4.50. The summed E-state index contributed by atoms with van der Waals surface area (Å²) in [5.74, 6) is 6.78. The molecule has 2 aromatic rings. The highest BCUT2D eigenvalue weighted by Gasteiger charge is 2.32. The number of nitrogens with two attached hydrogens (primary N) is 1. The molecule has 8 heteroatoms. The number of piperidine rings is 1. The summed E-state index contributed by atoms with van der Waals surface area (Å²) < 4.78 is 1.40. The van der Waals surface area contributed by atoms with Crippen molar-refractivity contribution in [1.82, 2.24) is 19.8 Å².